The smallest absolute Gasteiger partial charge is 0.233 e. The highest BCUT2D eigenvalue weighted by Crippen LogP contribution is 2.30. The van der Waals surface area contributed by atoms with E-state index >= 15 is 0 Å². The molecule has 0 aliphatic heterocycles. The Morgan fingerprint density at radius 3 is 2.36 bits per heavy atom. The van der Waals surface area contributed by atoms with Crippen molar-refractivity contribution in [1.82, 2.24) is 24.5 Å². The summed E-state index contributed by atoms with van der Waals surface area (Å²) in [6.07, 6.45) is 0. The van der Waals surface area contributed by atoms with Crippen molar-refractivity contribution >= 4 is 34.2 Å². The number of carbonyl (C=O) groups is 1. The summed E-state index contributed by atoms with van der Waals surface area (Å²) in [5.74, 6) is 1.33. The van der Waals surface area contributed by atoms with Crippen molar-refractivity contribution in [2.75, 3.05) is 5.75 Å². The summed E-state index contributed by atoms with van der Waals surface area (Å²) >= 11 is 1.42. The fraction of sp³-hybridized carbons (Fsp3) is 0.524. The van der Waals surface area contributed by atoms with Gasteiger partial charge in [-0.2, -0.15) is 0 Å². The summed E-state index contributed by atoms with van der Waals surface area (Å²) in [5.41, 5.74) is 1.51. The van der Waals surface area contributed by atoms with E-state index in [1.165, 1.54) is 11.8 Å². The molecule has 7 heteroatoms. The first-order valence-corrected chi connectivity index (χ1v) is 10.7. The molecule has 0 fully saturated rings. The largest absolute Gasteiger partial charge is 0.337 e. The van der Waals surface area contributed by atoms with Gasteiger partial charge in [-0.3, -0.25) is 9.20 Å². The first kappa shape index (κ1) is 20.6. The minimum absolute atomic E-state index is 0.109. The molecule has 1 aromatic carbocycles. The Morgan fingerprint density at radius 2 is 1.75 bits per heavy atom. The number of benzene rings is 1. The van der Waals surface area contributed by atoms with Crippen molar-refractivity contribution in [2.24, 2.45) is 0 Å². The molecule has 28 heavy (non-hydrogen) atoms. The molecule has 150 valence electrons. The third kappa shape index (κ3) is 3.85. The highest BCUT2D eigenvalue weighted by atomic mass is 32.2. The Balaban J connectivity index is 2.03. The fourth-order valence-electron chi connectivity index (χ4n) is 3.53. The third-order valence-corrected chi connectivity index (χ3v) is 5.53. The number of hydrogen-bond donors (Lipinski definition) is 0. The van der Waals surface area contributed by atoms with Gasteiger partial charge in [-0.25, -0.2) is 4.98 Å². The Labute approximate surface area is 170 Å². The van der Waals surface area contributed by atoms with Crippen LogP contribution in [0.2, 0.25) is 0 Å². The molecule has 0 aliphatic carbocycles. The molecule has 0 bridgehead atoms. The van der Waals surface area contributed by atoms with Gasteiger partial charge in [0.2, 0.25) is 5.91 Å². The molecule has 0 spiro atoms. The summed E-state index contributed by atoms with van der Waals surface area (Å²) in [5, 5.41) is 10.5. The van der Waals surface area contributed by atoms with Crippen LogP contribution in [0.3, 0.4) is 0 Å². The van der Waals surface area contributed by atoms with E-state index in [9.17, 15) is 4.79 Å². The van der Waals surface area contributed by atoms with Crippen LogP contribution < -0.4 is 0 Å². The summed E-state index contributed by atoms with van der Waals surface area (Å²) in [7, 11) is 0. The van der Waals surface area contributed by atoms with E-state index in [0.29, 0.717) is 10.9 Å². The Kier molecular flexibility index (Phi) is 5.66. The monoisotopic (exact) mass is 399 g/mol. The van der Waals surface area contributed by atoms with Gasteiger partial charge < -0.3 is 4.90 Å². The number of amides is 1. The summed E-state index contributed by atoms with van der Waals surface area (Å²) < 4.78 is 2.01. The van der Waals surface area contributed by atoms with Gasteiger partial charge in [0.1, 0.15) is 5.82 Å². The SMILES string of the molecule is CC(C)N(C(=O)CSc1nnc2c3ccccc3nc(C(C)(C)C)n12)C(C)C. The second-order valence-electron chi connectivity index (χ2n) is 8.62. The minimum atomic E-state index is -0.189. The first-order valence-electron chi connectivity index (χ1n) is 9.69. The molecule has 3 rings (SSSR count). The highest BCUT2D eigenvalue weighted by molar-refractivity contribution is 7.99. The zero-order valence-corrected chi connectivity index (χ0v) is 18.5. The number of para-hydroxylation sites is 1. The normalized spacial score (nSPS) is 12.5. The summed E-state index contributed by atoms with van der Waals surface area (Å²) in [6.45, 7) is 14.6. The Bertz CT molecular complexity index is 995. The number of hydrogen-bond acceptors (Lipinski definition) is 5. The van der Waals surface area contributed by atoms with E-state index in [1.807, 2.05) is 61.3 Å². The van der Waals surface area contributed by atoms with Gasteiger partial charge in [-0.05, 0) is 39.8 Å². The van der Waals surface area contributed by atoms with E-state index in [2.05, 4.69) is 31.0 Å². The van der Waals surface area contributed by atoms with Crippen molar-refractivity contribution in [3.05, 3.63) is 30.1 Å². The molecule has 3 aromatic rings. The van der Waals surface area contributed by atoms with Crippen LogP contribution >= 0.6 is 11.8 Å². The zero-order valence-electron chi connectivity index (χ0n) is 17.7. The van der Waals surface area contributed by atoms with Crippen LogP contribution in [0.25, 0.3) is 16.6 Å². The number of aromatic nitrogens is 4. The Hall–Kier alpha value is -2.15. The molecule has 0 radical (unpaired) electrons. The highest BCUT2D eigenvalue weighted by Gasteiger charge is 2.26. The molecular weight excluding hydrogens is 370 g/mol. The number of rotatable bonds is 5. The summed E-state index contributed by atoms with van der Waals surface area (Å²) in [6, 6.07) is 8.30. The van der Waals surface area contributed by atoms with Gasteiger partial charge in [-0.15, -0.1) is 10.2 Å². The number of thioether (sulfide) groups is 1. The lowest BCUT2D eigenvalue weighted by molar-refractivity contribution is -0.131. The summed E-state index contributed by atoms with van der Waals surface area (Å²) in [4.78, 5) is 19.6. The fourth-order valence-corrected chi connectivity index (χ4v) is 4.33. The molecule has 0 unspecified atom stereocenters. The molecular formula is C21H29N5OS. The van der Waals surface area contributed by atoms with Crippen LogP contribution in [0, 0.1) is 0 Å². The lowest BCUT2D eigenvalue weighted by Crippen LogP contribution is -2.43. The number of carbonyl (C=O) groups excluding carboxylic acids is 1. The molecule has 0 saturated heterocycles. The van der Waals surface area contributed by atoms with E-state index in [1.54, 1.807) is 0 Å². The van der Waals surface area contributed by atoms with Crippen LogP contribution in [-0.2, 0) is 10.2 Å². The Morgan fingerprint density at radius 1 is 1.11 bits per heavy atom. The van der Waals surface area contributed by atoms with Crippen LogP contribution in [0.15, 0.2) is 29.4 Å². The van der Waals surface area contributed by atoms with Gasteiger partial charge >= 0.3 is 0 Å². The third-order valence-electron chi connectivity index (χ3n) is 4.61. The second-order valence-corrected chi connectivity index (χ2v) is 9.56. The predicted molar refractivity (Wildman–Crippen MR) is 115 cm³/mol. The average molecular weight is 400 g/mol. The van der Waals surface area contributed by atoms with Crippen molar-refractivity contribution in [1.29, 1.82) is 0 Å². The molecule has 2 aromatic heterocycles. The van der Waals surface area contributed by atoms with E-state index in [-0.39, 0.29) is 23.4 Å². The molecule has 2 heterocycles. The van der Waals surface area contributed by atoms with Gasteiger partial charge in [-0.1, -0.05) is 44.7 Å². The molecule has 0 N–H and O–H groups in total. The molecule has 6 nitrogen and oxygen atoms in total. The van der Waals surface area contributed by atoms with Crippen LogP contribution in [0.4, 0.5) is 0 Å². The molecule has 0 atom stereocenters. The number of nitrogens with zero attached hydrogens (tertiary/aromatic N) is 5. The van der Waals surface area contributed by atoms with E-state index in [0.717, 1.165) is 22.4 Å². The maximum absolute atomic E-state index is 12.8. The first-order chi connectivity index (χ1) is 13.1. The van der Waals surface area contributed by atoms with Crippen molar-refractivity contribution in [3.63, 3.8) is 0 Å². The van der Waals surface area contributed by atoms with E-state index < -0.39 is 0 Å². The lowest BCUT2D eigenvalue weighted by Gasteiger charge is -2.30. The van der Waals surface area contributed by atoms with Gasteiger partial charge in [0.25, 0.3) is 0 Å². The topological polar surface area (TPSA) is 63.4 Å². The molecule has 0 aliphatic rings. The van der Waals surface area contributed by atoms with Crippen molar-refractivity contribution in [2.45, 2.75) is 71.1 Å². The maximum Gasteiger partial charge on any atom is 0.233 e. The standard InChI is InChI=1S/C21H29N5OS/c1-13(2)25(14(3)4)17(27)12-28-20-24-23-18-15-10-8-9-11-16(15)22-19(26(18)20)21(5,6)7/h8-11,13-14H,12H2,1-7H3. The van der Waals surface area contributed by atoms with Crippen molar-refractivity contribution in [3.8, 4) is 0 Å². The predicted octanol–water partition coefficient (Wildman–Crippen LogP) is 4.31. The lowest BCUT2D eigenvalue weighted by atomic mass is 9.95. The minimum Gasteiger partial charge on any atom is -0.337 e. The van der Waals surface area contributed by atoms with E-state index in [4.69, 9.17) is 4.98 Å². The maximum atomic E-state index is 12.8. The zero-order chi connectivity index (χ0) is 20.6. The molecule has 1 amide bonds. The van der Waals surface area contributed by atoms with Crippen LogP contribution in [0.1, 0.15) is 54.3 Å². The quantitative estimate of drug-likeness (QED) is 0.598. The van der Waals surface area contributed by atoms with Gasteiger partial charge in [0, 0.05) is 22.9 Å². The molecule has 0 saturated carbocycles. The second kappa shape index (κ2) is 7.70. The number of fused-ring (bicyclic) bond motifs is 3. The van der Waals surface area contributed by atoms with Gasteiger partial charge in [0.05, 0.1) is 11.3 Å². The van der Waals surface area contributed by atoms with Crippen LogP contribution in [0.5, 0.6) is 0 Å². The van der Waals surface area contributed by atoms with Gasteiger partial charge in [0.15, 0.2) is 10.8 Å². The van der Waals surface area contributed by atoms with Crippen LogP contribution in [-0.4, -0.2) is 48.2 Å². The van der Waals surface area contributed by atoms with Crippen molar-refractivity contribution < 1.29 is 4.79 Å². The average Bonchev–Trinajstić information content (AvgIpc) is 3.02.